The van der Waals surface area contributed by atoms with Crippen LogP contribution in [-0.2, 0) is 0 Å². The fraction of sp³-hybridized carbons (Fsp3) is 0.0714. The van der Waals surface area contributed by atoms with E-state index < -0.39 is 0 Å². The Kier molecular flexibility index (Phi) is 2.29. The zero-order valence-corrected chi connectivity index (χ0v) is 9.38. The molecule has 3 nitrogen and oxygen atoms in total. The topological polar surface area (TPSA) is 35.3 Å². The van der Waals surface area contributed by atoms with Gasteiger partial charge in [0.2, 0.25) is 0 Å². The molecule has 0 saturated heterocycles. The van der Waals surface area contributed by atoms with Crippen molar-refractivity contribution < 1.29 is 9.26 Å². The van der Waals surface area contributed by atoms with Crippen molar-refractivity contribution in [1.29, 1.82) is 0 Å². The van der Waals surface area contributed by atoms with Crippen LogP contribution in [0.5, 0.6) is 5.95 Å². The molecule has 0 radical (unpaired) electrons. The summed E-state index contributed by atoms with van der Waals surface area (Å²) in [6, 6.07) is 16.2. The minimum absolute atomic E-state index is 0.424. The molecule has 1 aromatic heterocycles. The maximum Gasteiger partial charge on any atom is 0.311 e. The van der Waals surface area contributed by atoms with E-state index in [4.69, 9.17) is 9.26 Å². The van der Waals surface area contributed by atoms with E-state index >= 15 is 0 Å². The van der Waals surface area contributed by atoms with Crippen molar-refractivity contribution >= 4 is 10.8 Å². The lowest BCUT2D eigenvalue weighted by atomic mass is 10.1. The molecule has 3 heteroatoms. The molecule has 0 amide bonds. The van der Waals surface area contributed by atoms with E-state index in [9.17, 15) is 0 Å². The summed E-state index contributed by atoms with van der Waals surface area (Å²) in [6.07, 6.45) is 0. The molecule has 2 aromatic carbocycles. The second-order valence-electron chi connectivity index (χ2n) is 3.80. The molecule has 0 fully saturated rings. The second-order valence-corrected chi connectivity index (χ2v) is 3.80. The van der Waals surface area contributed by atoms with Crippen molar-refractivity contribution in [2.45, 2.75) is 0 Å². The third-order valence-corrected chi connectivity index (χ3v) is 2.73. The van der Waals surface area contributed by atoms with Crippen molar-refractivity contribution in [2.75, 3.05) is 7.11 Å². The fourth-order valence-electron chi connectivity index (χ4n) is 1.84. The maximum atomic E-state index is 5.01. The Labute approximate surface area is 98.6 Å². The molecule has 0 bridgehead atoms. The summed E-state index contributed by atoms with van der Waals surface area (Å²) in [5.41, 5.74) is 1.81. The number of nitrogens with zero attached hydrogens (tertiary/aromatic N) is 1. The fourth-order valence-corrected chi connectivity index (χ4v) is 1.84. The van der Waals surface area contributed by atoms with Gasteiger partial charge in [-0.1, -0.05) is 41.6 Å². The van der Waals surface area contributed by atoms with Crippen LogP contribution in [0, 0.1) is 0 Å². The molecule has 1 heterocycles. The standard InChI is InChI=1S/C14H11NO2/c1-16-14-9-13(15-17-14)12-7-6-10-4-2-3-5-11(10)8-12/h2-9H,1H3. The van der Waals surface area contributed by atoms with E-state index in [1.165, 1.54) is 10.8 Å². The Bertz CT molecular complexity index is 658. The highest BCUT2D eigenvalue weighted by Crippen LogP contribution is 2.26. The van der Waals surface area contributed by atoms with Gasteiger partial charge < -0.3 is 9.26 Å². The van der Waals surface area contributed by atoms with Gasteiger partial charge in [-0.15, -0.1) is 0 Å². The van der Waals surface area contributed by atoms with E-state index in [-0.39, 0.29) is 0 Å². The molecule has 3 rings (SSSR count). The maximum absolute atomic E-state index is 5.01. The Morgan fingerprint density at radius 2 is 1.82 bits per heavy atom. The van der Waals surface area contributed by atoms with Gasteiger partial charge in [0.25, 0.3) is 0 Å². The largest absolute Gasteiger partial charge is 0.467 e. The first-order valence-electron chi connectivity index (χ1n) is 5.37. The van der Waals surface area contributed by atoms with Gasteiger partial charge in [0, 0.05) is 5.56 Å². The Hall–Kier alpha value is -2.29. The van der Waals surface area contributed by atoms with Gasteiger partial charge >= 0.3 is 5.95 Å². The highest BCUT2D eigenvalue weighted by Gasteiger charge is 2.06. The third-order valence-electron chi connectivity index (χ3n) is 2.73. The lowest BCUT2D eigenvalue weighted by Crippen LogP contribution is -1.78. The molecule has 0 spiro atoms. The van der Waals surface area contributed by atoms with Gasteiger partial charge in [0.05, 0.1) is 13.2 Å². The number of methoxy groups -OCH3 is 1. The lowest BCUT2D eigenvalue weighted by molar-refractivity contribution is 0.261. The molecular formula is C14H11NO2. The summed E-state index contributed by atoms with van der Waals surface area (Å²) in [7, 11) is 1.56. The van der Waals surface area contributed by atoms with Gasteiger partial charge in [-0.3, -0.25) is 0 Å². The summed E-state index contributed by atoms with van der Waals surface area (Å²) in [6.45, 7) is 0. The Morgan fingerprint density at radius 3 is 2.59 bits per heavy atom. The molecule has 0 atom stereocenters. The Morgan fingerprint density at radius 1 is 1.00 bits per heavy atom. The third kappa shape index (κ3) is 1.76. The number of aromatic nitrogens is 1. The molecular weight excluding hydrogens is 214 g/mol. The molecule has 0 aliphatic carbocycles. The van der Waals surface area contributed by atoms with Crippen LogP contribution in [0.1, 0.15) is 0 Å². The van der Waals surface area contributed by atoms with Crippen molar-refractivity contribution in [3.63, 3.8) is 0 Å². The molecule has 17 heavy (non-hydrogen) atoms. The summed E-state index contributed by atoms with van der Waals surface area (Å²) < 4.78 is 9.98. The first-order valence-corrected chi connectivity index (χ1v) is 5.37. The predicted molar refractivity (Wildman–Crippen MR) is 66.0 cm³/mol. The van der Waals surface area contributed by atoms with Crippen LogP contribution >= 0.6 is 0 Å². The molecule has 0 saturated carbocycles. The van der Waals surface area contributed by atoms with Crippen LogP contribution < -0.4 is 4.74 Å². The summed E-state index contributed by atoms with van der Waals surface area (Å²) >= 11 is 0. The van der Waals surface area contributed by atoms with E-state index in [1.807, 2.05) is 18.2 Å². The van der Waals surface area contributed by atoms with E-state index in [0.29, 0.717) is 5.95 Å². The first-order chi connectivity index (χ1) is 8.36. The monoisotopic (exact) mass is 225 g/mol. The summed E-state index contributed by atoms with van der Waals surface area (Å²) in [4.78, 5) is 0. The first kappa shape index (κ1) is 9.90. The van der Waals surface area contributed by atoms with Crippen LogP contribution in [0.2, 0.25) is 0 Å². The molecule has 3 aromatic rings. The number of hydrogen-bond acceptors (Lipinski definition) is 3. The zero-order valence-electron chi connectivity index (χ0n) is 9.38. The minimum atomic E-state index is 0.424. The molecule has 0 N–H and O–H groups in total. The van der Waals surface area contributed by atoms with E-state index in [2.05, 4.69) is 29.4 Å². The van der Waals surface area contributed by atoms with Gasteiger partial charge in [-0.25, -0.2) is 0 Å². The number of benzene rings is 2. The van der Waals surface area contributed by atoms with Crippen LogP contribution in [0.15, 0.2) is 53.1 Å². The molecule has 0 unspecified atom stereocenters. The quantitative estimate of drug-likeness (QED) is 0.669. The minimum Gasteiger partial charge on any atom is -0.467 e. The number of rotatable bonds is 2. The Balaban J connectivity index is 2.11. The number of hydrogen-bond donors (Lipinski definition) is 0. The molecule has 84 valence electrons. The van der Waals surface area contributed by atoms with E-state index in [1.54, 1.807) is 13.2 Å². The molecule has 0 aliphatic heterocycles. The average Bonchev–Trinajstić information content (AvgIpc) is 2.87. The predicted octanol–water partition coefficient (Wildman–Crippen LogP) is 3.50. The van der Waals surface area contributed by atoms with Crippen molar-refractivity contribution in [3.05, 3.63) is 48.5 Å². The highest BCUT2D eigenvalue weighted by atomic mass is 16.6. The van der Waals surface area contributed by atoms with Crippen molar-refractivity contribution in [1.82, 2.24) is 5.16 Å². The smallest absolute Gasteiger partial charge is 0.311 e. The number of fused-ring (bicyclic) bond motifs is 1. The number of ether oxygens (including phenoxy) is 1. The summed E-state index contributed by atoms with van der Waals surface area (Å²) in [5, 5.41) is 6.37. The average molecular weight is 225 g/mol. The van der Waals surface area contributed by atoms with Crippen LogP contribution in [0.25, 0.3) is 22.0 Å². The van der Waals surface area contributed by atoms with Gasteiger partial charge in [0.1, 0.15) is 5.69 Å². The normalized spacial score (nSPS) is 10.6. The van der Waals surface area contributed by atoms with Crippen molar-refractivity contribution in [2.24, 2.45) is 0 Å². The second kappa shape index (κ2) is 3.94. The highest BCUT2D eigenvalue weighted by molar-refractivity contribution is 5.86. The molecule has 0 aliphatic rings. The van der Waals surface area contributed by atoms with Gasteiger partial charge in [0.15, 0.2) is 0 Å². The van der Waals surface area contributed by atoms with E-state index in [0.717, 1.165) is 11.3 Å². The zero-order chi connectivity index (χ0) is 11.7. The van der Waals surface area contributed by atoms with Crippen molar-refractivity contribution in [3.8, 4) is 17.2 Å². The lowest BCUT2D eigenvalue weighted by Gasteiger charge is -1.99. The van der Waals surface area contributed by atoms with Crippen LogP contribution in [-0.4, -0.2) is 12.3 Å². The van der Waals surface area contributed by atoms with Crippen LogP contribution in [0.4, 0.5) is 0 Å². The summed E-state index contributed by atoms with van der Waals surface area (Å²) in [5.74, 6) is 0.424. The van der Waals surface area contributed by atoms with Crippen LogP contribution in [0.3, 0.4) is 0 Å². The SMILES string of the molecule is COc1cc(-c2ccc3ccccc3c2)no1. The van der Waals surface area contributed by atoms with Gasteiger partial charge in [-0.05, 0) is 16.8 Å². The van der Waals surface area contributed by atoms with Gasteiger partial charge in [-0.2, -0.15) is 0 Å².